The number of nitrogens with two attached hydrogens (primary N) is 1. The summed E-state index contributed by atoms with van der Waals surface area (Å²) in [5, 5.41) is 1.73. The molecule has 20 heavy (non-hydrogen) atoms. The molecule has 4 nitrogen and oxygen atoms in total. The molecular formula is C13H18F2N2O2S. The van der Waals surface area contributed by atoms with Gasteiger partial charge in [-0.3, -0.25) is 4.79 Å². The van der Waals surface area contributed by atoms with Crippen LogP contribution < -0.4 is 15.8 Å². The molecule has 0 heterocycles. The summed E-state index contributed by atoms with van der Waals surface area (Å²) in [4.78, 5) is 12.6. The lowest BCUT2D eigenvalue weighted by molar-refractivity contribution is -0.122. The summed E-state index contributed by atoms with van der Waals surface area (Å²) >= 11 is 1.29. The molecule has 1 aromatic carbocycles. The zero-order valence-electron chi connectivity index (χ0n) is 11.4. The maximum absolute atomic E-state index is 12.9. The van der Waals surface area contributed by atoms with Crippen molar-refractivity contribution >= 4 is 17.7 Å². The Morgan fingerprint density at radius 3 is 2.55 bits per heavy atom. The van der Waals surface area contributed by atoms with Crippen LogP contribution in [0.1, 0.15) is 6.92 Å². The van der Waals surface area contributed by atoms with E-state index in [9.17, 15) is 13.6 Å². The molecule has 112 valence electrons. The van der Waals surface area contributed by atoms with E-state index in [2.05, 4.69) is 5.32 Å². The molecule has 0 aliphatic heterocycles. The van der Waals surface area contributed by atoms with Crippen LogP contribution in [-0.4, -0.2) is 37.3 Å². The second-order valence-corrected chi connectivity index (χ2v) is 5.63. The van der Waals surface area contributed by atoms with Gasteiger partial charge in [0.15, 0.2) is 0 Å². The van der Waals surface area contributed by atoms with E-state index >= 15 is 0 Å². The molecule has 0 radical (unpaired) electrons. The summed E-state index contributed by atoms with van der Waals surface area (Å²) in [6, 6.07) is 7.16. The van der Waals surface area contributed by atoms with Gasteiger partial charge < -0.3 is 15.8 Å². The number of ether oxygens (including phenoxy) is 1. The molecule has 0 saturated heterocycles. The van der Waals surface area contributed by atoms with Crippen molar-refractivity contribution in [2.24, 2.45) is 5.73 Å². The minimum absolute atomic E-state index is 0.445. The maximum Gasteiger partial charge on any atom is 0.277 e. The molecule has 1 amide bonds. The van der Waals surface area contributed by atoms with E-state index in [0.29, 0.717) is 5.75 Å². The van der Waals surface area contributed by atoms with Crippen LogP contribution in [0.2, 0.25) is 0 Å². The van der Waals surface area contributed by atoms with Gasteiger partial charge in [-0.05, 0) is 31.2 Å². The highest BCUT2D eigenvalue weighted by Gasteiger charge is 2.28. The van der Waals surface area contributed by atoms with Gasteiger partial charge in [0.05, 0.1) is 25.4 Å². The van der Waals surface area contributed by atoms with Crippen LogP contribution in [0.5, 0.6) is 5.75 Å². The Morgan fingerprint density at radius 1 is 1.45 bits per heavy atom. The minimum atomic E-state index is -3.07. The lowest BCUT2D eigenvalue weighted by Crippen LogP contribution is -2.43. The summed E-state index contributed by atoms with van der Waals surface area (Å²) in [6.45, 7) is 0.133. The Labute approximate surface area is 121 Å². The predicted molar refractivity (Wildman–Crippen MR) is 75.3 cm³/mol. The number of methoxy groups -OCH3 is 1. The van der Waals surface area contributed by atoms with Gasteiger partial charge >= 0.3 is 0 Å². The topological polar surface area (TPSA) is 64.3 Å². The highest BCUT2D eigenvalue weighted by atomic mass is 32.2. The Kier molecular flexibility index (Phi) is 6.22. The summed E-state index contributed by atoms with van der Waals surface area (Å²) in [5.41, 5.74) is 4.90. The largest absolute Gasteiger partial charge is 0.497 e. The fourth-order valence-corrected chi connectivity index (χ4v) is 2.24. The van der Waals surface area contributed by atoms with Gasteiger partial charge in [0.25, 0.3) is 5.92 Å². The normalized spacial score (nSPS) is 12.8. The average molecular weight is 304 g/mol. The number of rotatable bonds is 7. The molecule has 0 bridgehead atoms. The summed E-state index contributed by atoms with van der Waals surface area (Å²) < 4.78 is 30.9. The first kappa shape index (κ1) is 16.7. The van der Waals surface area contributed by atoms with Crippen molar-refractivity contribution in [1.29, 1.82) is 0 Å². The maximum atomic E-state index is 12.9. The first-order valence-corrected chi connectivity index (χ1v) is 6.92. The molecule has 0 saturated carbocycles. The molecule has 0 aromatic heterocycles. The lowest BCUT2D eigenvalue weighted by Gasteiger charge is -2.17. The number of hydrogen-bond acceptors (Lipinski definition) is 4. The molecule has 0 spiro atoms. The van der Waals surface area contributed by atoms with Crippen molar-refractivity contribution < 1.29 is 18.3 Å². The van der Waals surface area contributed by atoms with Gasteiger partial charge in [0.2, 0.25) is 5.91 Å². The van der Waals surface area contributed by atoms with E-state index < -0.39 is 30.2 Å². The second kappa shape index (κ2) is 7.44. The zero-order chi connectivity index (χ0) is 15.2. The van der Waals surface area contributed by atoms with Crippen molar-refractivity contribution in [2.45, 2.75) is 23.0 Å². The van der Waals surface area contributed by atoms with Crippen LogP contribution in [0, 0.1) is 0 Å². The Balaban J connectivity index is 2.48. The molecule has 0 aliphatic rings. The fourth-order valence-electron chi connectivity index (χ4n) is 1.34. The molecule has 1 atom stereocenters. The number of halogens is 2. The zero-order valence-corrected chi connectivity index (χ0v) is 12.2. The number of carbonyl (C=O) groups excluding carboxylic acids is 1. The molecule has 0 fully saturated rings. The van der Waals surface area contributed by atoms with E-state index in [1.165, 1.54) is 11.8 Å². The van der Waals surface area contributed by atoms with Gasteiger partial charge in [-0.1, -0.05) is 0 Å². The molecule has 7 heteroatoms. The van der Waals surface area contributed by atoms with Crippen LogP contribution in [0.4, 0.5) is 8.78 Å². The molecule has 1 unspecified atom stereocenters. The number of alkyl halides is 2. The predicted octanol–water partition coefficient (Wildman–Crippen LogP) is 1.89. The van der Waals surface area contributed by atoms with Gasteiger partial charge in [0, 0.05) is 4.90 Å². The molecule has 3 N–H and O–H groups in total. The van der Waals surface area contributed by atoms with E-state index in [-0.39, 0.29) is 0 Å². The monoisotopic (exact) mass is 304 g/mol. The quantitative estimate of drug-likeness (QED) is 0.755. The lowest BCUT2D eigenvalue weighted by atomic mass is 10.3. The third kappa shape index (κ3) is 5.34. The second-order valence-electron chi connectivity index (χ2n) is 4.21. The number of amides is 1. The Morgan fingerprint density at radius 2 is 2.05 bits per heavy atom. The molecule has 0 aliphatic carbocycles. The summed E-state index contributed by atoms with van der Waals surface area (Å²) in [7, 11) is 1.57. The SMILES string of the molecule is COc1ccc(SC(C)C(=O)NCC(F)(F)CN)cc1. The third-order valence-corrected chi connectivity index (χ3v) is 3.67. The van der Waals surface area contributed by atoms with Crippen LogP contribution in [0.25, 0.3) is 0 Å². The van der Waals surface area contributed by atoms with Gasteiger partial charge in [0.1, 0.15) is 5.75 Å². The van der Waals surface area contributed by atoms with Crippen LogP contribution in [0.15, 0.2) is 29.2 Å². The number of hydrogen-bond donors (Lipinski definition) is 2. The van der Waals surface area contributed by atoms with Crippen molar-refractivity contribution in [3.63, 3.8) is 0 Å². The number of nitrogens with one attached hydrogen (secondary N) is 1. The Bertz CT molecular complexity index is 441. The molecular weight excluding hydrogens is 286 g/mol. The minimum Gasteiger partial charge on any atom is -0.497 e. The van der Waals surface area contributed by atoms with Gasteiger partial charge in [-0.15, -0.1) is 11.8 Å². The average Bonchev–Trinajstić information content (AvgIpc) is 2.45. The highest BCUT2D eigenvalue weighted by Crippen LogP contribution is 2.25. The highest BCUT2D eigenvalue weighted by molar-refractivity contribution is 8.00. The third-order valence-electron chi connectivity index (χ3n) is 2.56. The van der Waals surface area contributed by atoms with E-state index in [1.807, 2.05) is 12.1 Å². The number of carbonyl (C=O) groups is 1. The fraction of sp³-hybridized carbons (Fsp3) is 0.462. The van der Waals surface area contributed by atoms with Crippen LogP contribution in [-0.2, 0) is 4.79 Å². The Hall–Kier alpha value is -1.34. The summed E-state index contributed by atoms with van der Waals surface area (Å²) in [6.07, 6.45) is 0. The van der Waals surface area contributed by atoms with Crippen molar-refractivity contribution in [3.8, 4) is 5.75 Å². The van der Waals surface area contributed by atoms with Gasteiger partial charge in [-0.25, -0.2) is 8.78 Å². The van der Waals surface area contributed by atoms with E-state index in [0.717, 1.165) is 4.90 Å². The van der Waals surface area contributed by atoms with Crippen molar-refractivity contribution in [1.82, 2.24) is 5.32 Å². The number of benzene rings is 1. The standard InChI is InChI=1S/C13H18F2N2O2S/c1-9(12(18)17-8-13(14,15)7-16)20-11-5-3-10(19-2)4-6-11/h3-6,9H,7-8,16H2,1-2H3,(H,17,18). The van der Waals surface area contributed by atoms with E-state index in [1.54, 1.807) is 26.2 Å². The summed E-state index contributed by atoms with van der Waals surface area (Å²) in [5.74, 6) is -2.80. The number of thioether (sulfide) groups is 1. The molecule has 1 aromatic rings. The van der Waals surface area contributed by atoms with E-state index in [4.69, 9.17) is 10.5 Å². The first-order chi connectivity index (χ1) is 9.38. The van der Waals surface area contributed by atoms with Gasteiger partial charge in [-0.2, -0.15) is 0 Å². The van der Waals surface area contributed by atoms with Crippen LogP contribution >= 0.6 is 11.8 Å². The smallest absolute Gasteiger partial charge is 0.277 e. The first-order valence-electron chi connectivity index (χ1n) is 6.04. The van der Waals surface area contributed by atoms with Crippen molar-refractivity contribution in [3.05, 3.63) is 24.3 Å². The van der Waals surface area contributed by atoms with Crippen LogP contribution in [0.3, 0.4) is 0 Å². The van der Waals surface area contributed by atoms with Crippen molar-refractivity contribution in [2.75, 3.05) is 20.2 Å². The molecule has 1 rings (SSSR count).